The van der Waals surface area contributed by atoms with Crippen LogP contribution >= 0.6 is 0 Å². The molecule has 7 nitrogen and oxygen atoms in total. The van der Waals surface area contributed by atoms with E-state index in [0.29, 0.717) is 42.8 Å². The summed E-state index contributed by atoms with van der Waals surface area (Å²) < 4.78 is 54.1. The van der Waals surface area contributed by atoms with E-state index in [4.69, 9.17) is 9.47 Å². The van der Waals surface area contributed by atoms with Gasteiger partial charge in [0.05, 0.1) is 24.3 Å². The van der Waals surface area contributed by atoms with E-state index in [1.54, 1.807) is 12.1 Å². The summed E-state index contributed by atoms with van der Waals surface area (Å²) in [6.45, 7) is 4.72. The lowest BCUT2D eigenvalue weighted by Gasteiger charge is -2.39. The topological polar surface area (TPSA) is 84.9 Å². The number of halogens is 1. The molecule has 2 aromatic rings. The smallest absolute Gasteiger partial charge is 0.343 e. The predicted molar refractivity (Wildman–Crippen MR) is 116 cm³/mol. The fourth-order valence-electron chi connectivity index (χ4n) is 4.75. The number of sulfonamides is 1. The Morgan fingerprint density at radius 3 is 2.75 bits per heavy atom. The van der Waals surface area contributed by atoms with Crippen LogP contribution in [0.15, 0.2) is 35.2 Å². The number of likely N-dealkylation sites (tertiary alicyclic amines) is 1. The number of benzene rings is 2. The Hall–Kier alpha value is -2.65. The fourth-order valence-corrected chi connectivity index (χ4v) is 6.10. The lowest BCUT2D eigenvalue weighted by molar-refractivity contribution is 0.0596. The van der Waals surface area contributed by atoms with Gasteiger partial charge in [-0.1, -0.05) is 13.0 Å². The molecular weight excluding hydrogens is 435 g/mol. The number of hydrogen-bond acceptors (Lipinski definition) is 6. The standard InChI is InChI=1S/C23H25FN2O5S/c1-3-26-10-14(11-26)18-9-15(24)4-7-20(18)32(28,29)25-19-6-5-16-17-8-13(17)12-31-22(16)21(19)23(27)30-2/h4-7,9,13-14,17,25H,3,8,10-12H2,1-2H3/t13-,17-/m0/s1. The number of hydrogen-bond donors (Lipinski definition) is 1. The molecule has 2 atom stereocenters. The molecule has 0 spiro atoms. The second kappa shape index (κ2) is 7.74. The molecule has 1 saturated carbocycles. The third kappa shape index (κ3) is 3.53. The van der Waals surface area contributed by atoms with Gasteiger partial charge in [0.25, 0.3) is 10.0 Å². The van der Waals surface area contributed by atoms with Gasteiger partial charge in [-0.3, -0.25) is 4.72 Å². The molecule has 2 heterocycles. The Labute approximate surface area is 186 Å². The lowest BCUT2D eigenvalue weighted by Crippen LogP contribution is -2.45. The molecule has 9 heteroatoms. The van der Waals surface area contributed by atoms with Gasteiger partial charge in [0, 0.05) is 24.9 Å². The summed E-state index contributed by atoms with van der Waals surface area (Å²) >= 11 is 0. The van der Waals surface area contributed by atoms with E-state index in [-0.39, 0.29) is 22.1 Å². The number of rotatable bonds is 6. The zero-order valence-electron chi connectivity index (χ0n) is 17.9. The van der Waals surface area contributed by atoms with Gasteiger partial charge in [-0.25, -0.2) is 17.6 Å². The van der Waals surface area contributed by atoms with Crippen molar-refractivity contribution in [2.75, 3.05) is 38.1 Å². The first kappa shape index (κ1) is 21.2. The number of nitrogens with one attached hydrogen (secondary N) is 1. The average Bonchev–Trinajstić information content (AvgIpc) is 3.52. The highest BCUT2D eigenvalue weighted by atomic mass is 32.2. The first-order chi connectivity index (χ1) is 15.3. The van der Waals surface area contributed by atoms with Crippen LogP contribution in [-0.2, 0) is 14.8 Å². The van der Waals surface area contributed by atoms with Gasteiger partial charge in [-0.2, -0.15) is 0 Å². The van der Waals surface area contributed by atoms with Crippen molar-refractivity contribution in [2.24, 2.45) is 5.92 Å². The van der Waals surface area contributed by atoms with Crippen LogP contribution in [0.25, 0.3) is 0 Å². The number of carbonyl (C=O) groups excluding carboxylic acids is 1. The van der Waals surface area contributed by atoms with E-state index >= 15 is 0 Å². The molecule has 170 valence electrons. The third-order valence-corrected chi connectivity index (χ3v) is 8.13. The summed E-state index contributed by atoms with van der Waals surface area (Å²) in [5, 5.41) is 0. The van der Waals surface area contributed by atoms with Crippen LogP contribution in [0.1, 0.15) is 46.7 Å². The van der Waals surface area contributed by atoms with Gasteiger partial charge in [0.15, 0.2) is 0 Å². The fraction of sp³-hybridized carbons (Fsp3) is 0.435. The van der Waals surface area contributed by atoms with Gasteiger partial charge < -0.3 is 14.4 Å². The lowest BCUT2D eigenvalue weighted by atomic mass is 9.91. The van der Waals surface area contributed by atoms with Crippen molar-refractivity contribution in [3.63, 3.8) is 0 Å². The first-order valence-electron chi connectivity index (χ1n) is 10.7. The van der Waals surface area contributed by atoms with Crippen LogP contribution in [-0.4, -0.2) is 52.6 Å². The number of carbonyl (C=O) groups is 1. The van der Waals surface area contributed by atoms with Gasteiger partial charge in [-0.05, 0) is 54.3 Å². The van der Waals surface area contributed by atoms with Crippen LogP contribution in [0, 0.1) is 11.7 Å². The summed E-state index contributed by atoms with van der Waals surface area (Å²) in [4.78, 5) is 14.8. The quantitative estimate of drug-likeness (QED) is 0.666. The van der Waals surface area contributed by atoms with E-state index in [1.807, 2.05) is 6.92 Å². The van der Waals surface area contributed by atoms with E-state index in [9.17, 15) is 17.6 Å². The molecule has 32 heavy (non-hydrogen) atoms. The SMILES string of the molecule is CCN1CC(c2cc(F)ccc2S(=O)(=O)Nc2ccc3c(c2C(=O)OC)OC[C@@H]2C[C@H]32)C1. The summed E-state index contributed by atoms with van der Waals surface area (Å²) in [5.74, 6) is -0.0660. The van der Waals surface area contributed by atoms with Crippen molar-refractivity contribution in [3.05, 3.63) is 52.8 Å². The van der Waals surface area contributed by atoms with Gasteiger partial charge in [0.2, 0.25) is 0 Å². The minimum Gasteiger partial charge on any atom is -0.492 e. The van der Waals surface area contributed by atoms with Crippen LogP contribution in [0.3, 0.4) is 0 Å². The highest BCUT2D eigenvalue weighted by Crippen LogP contribution is 2.55. The van der Waals surface area contributed by atoms with Crippen LogP contribution in [0.2, 0.25) is 0 Å². The van der Waals surface area contributed by atoms with Crippen LogP contribution in [0.5, 0.6) is 5.75 Å². The minimum atomic E-state index is -4.10. The number of fused-ring (bicyclic) bond motifs is 3. The maximum atomic E-state index is 14.0. The number of methoxy groups -OCH3 is 1. The zero-order chi connectivity index (χ0) is 22.6. The molecule has 2 aromatic carbocycles. The largest absolute Gasteiger partial charge is 0.492 e. The van der Waals surface area contributed by atoms with Crippen molar-refractivity contribution in [1.29, 1.82) is 0 Å². The molecule has 1 N–H and O–H groups in total. The van der Waals surface area contributed by atoms with E-state index < -0.39 is 21.8 Å². The van der Waals surface area contributed by atoms with Gasteiger partial charge in [-0.15, -0.1) is 0 Å². The molecule has 0 bridgehead atoms. The summed E-state index contributed by atoms with van der Waals surface area (Å²) in [6.07, 6.45) is 0.994. The molecule has 1 aliphatic carbocycles. The van der Waals surface area contributed by atoms with Crippen molar-refractivity contribution in [2.45, 2.75) is 30.1 Å². The van der Waals surface area contributed by atoms with Crippen molar-refractivity contribution in [1.82, 2.24) is 4.90 Å². The second-order valence-corrected chi connectivity index (χ2v) is 10.3. The molecule has 2 aliphatic heterocycles. The van der Waals surface area contributed by atoms with Crippen LogP contribution < -0.4 is 9.46 Å². The Kier molecular flexibility index (Phi) is 5.13. The van der Waals surface area contributed by atoms with E-state index in [1.165, 1.54) is 19.2 Å². The normalized spacial score (nSPS) is 22.2. The highest BCUT2D eigenvalue weighted by molar-refractivity contribution is 7.92. The molecule has 0 radical (unpaired) electrons. The average molecular weight is 461 g/mol. The first-order valence-corrected chi connectivity index (χ1v) is 12.2. The van der Waals surface area contributed by atoms with Crippen LogP contribution in [0.4, 0.5) is 10.1 Å². The van der Waals surface area contributed by atoms with Crippen molar-refractivity contribution in [3.8, 4) is 5.75 Å². The van der Waals surface area contributed by atoms with E-state index in [0.717, 1.165) is 24.6 Å². The number of anilines is 1. The summed E-state index contributed by atoms with van der Waals surface area (Å²) in [5.41, 5.74) is 1.51. The number of ether oxygens (including phenoxy) is 2. The van der Waals surface area contributed by atoms with Crippen molar-refractivity contribution >= 4 is 21.7 Å². The van der Waals surface area contributed by atoms with Gasteiger partial charge >= 0.3 is 5.97 Å². The second-order valence-electron chi connectivity index (χ2n) is 8.65. The number of nitrogens with zero attached hydrogens (tertiary/aromatic N) is 1. The molecule has 3 aliphatic rings. The zero-order valence-corrected chi connectivity index (χ0v) is 18.7. The molecule has 2 fully saturated rings. The summed E-state index contributed by atoms with van der Waals surface area (Å²) in [6, 6.07) is 7.09. The maximum absolute atomic E-state index is 14.0. The monoisotopic (exact) mass is 460 g/mol. The molecule has 0 aromatic heterocycles. The summed E-state index contributed by atoms with van der Waals surface area (Å²) in [7, 11) is -2.85. The van der Waals surface area contributed by atoms with Crippen molar-refractivity contribution < 1.29 is 27.1 Å². The molecule has 1 saturated heterocycles. The molecule has 5 rings (SSSR count). The Morgan fingerprint density at radius 2 is 2.03 bits per heavy atom. The highest BCUT2D eigenvalue weighted by Gasteiger charge is 2.45. The molecular formula is C23H25FN2O5S. The maximum Gasteiger partial charge on any atom is 0.343 e. The van der Waals surface area contributed by atoms with E-state index in [2.05, 4.69) is 9.62 Å². The Bertz CT molecular complexity index is 1190. The molecule has 0 unspecified atom stereocenters. The Morgan fingerprint density at radius 1 is 1.25 bits per heavy atom. The van der Waals surface area contributed by atoms with Gasteiger partial charge in [0.1, 0.15) is 17.1 Å². The molecule has 0 amide bonds. The predicted octanol–water partition coefficient (Wildman–Crippen LogP) is 3.33. The Balaban J connectivity index is 1.53. The minimum absolute atomic E-state index is 0.0105. The number of likely N-dealkylation sites (N-methyl/N-ethyl adjacent to an activating group) is 1. The number of esters is 1. The third-order valence-electron chi connectivity index (χ3n) is 6.69.